The molecular formula is C9H13N3. The van der Waals surface area contributed by atoms with E-state index in [2.05, 4.69) is 10.5 Å². The largest absolute Gasteiger partial charge is 0.399 e. The van der Waals surface area contributed by atoms with Crippen molar-refractivity contribution < 1.29 is 0 Å². The van der Waals surface area contributed by atoms with E-state index in [1.165, 1.54) is 0 Å². The minimum absolute atomic E-state index is 0.742. The lowest BCUT2D eigenvalue weighted by Crippen LogP contribution is -1.90. The smallest absolute Gasteiger partial charge is 0.0582 e. The molecule has 0 unspecified atom stereocenters. The molecule has 0 saturated heterocycles. The third-order valence-corrected chi connectivity index (χ3v) is 1.35. The lowest BCUT2D eigenvalue weighted by atomic mass is 10.3. The maximum atomic E-state index is 5.57. The van der Waals surface area contributed by atoms with Crippen LogP contribution in [0.2, 0.25) is 0 Å². The first kappa shape index (κ1) is 8.59. The first-order valence-electron chi connectivity index (χ1n) is 3.96. The molecule has 1 aromatic rings. The average Bonchev–Trinajstić information content (AvgIpc) is 2.05. The van der Waals surface area contributed by atoms with Crippen molar-refractivity contribution in [1.29, 1.82) is 0 Å². The monoisotopic (exact) mass is 163 g/mol. The standard InChI is InChI=1S/C9H13N3/c1-2-6-11-12-9-5-3-4-8(10)7-9/h3-7,12H,2,10H2,1H3/b11-6+. The van der Waals surface area contributed by atoms with Crippen molar-refractivity contribution in [3.8, 4) is 0 Å². The van der Waals surface area contributed by atoms with Crippen molar-refractivity contribution in [2.24, 2.45) is 5.10 Å². The van der Waals surface area contributed by atoms with Gasteiger partial charge in [0.25, 0.3) is 0 Å². The minimum Gasteiger partial charge on any atom is -0.399 e. The van der Waals surface area contributed by atoms with Gasteiger partial charge < -0.3 is 5.73 Å². The molecule has 0 heterocycles. The summed E-state index contributed by atoms with van der Waals surface area (Å²) in [6.07, 6.45) is 2.73. The molecule has 0 radical (unpaired) electrons. The predicted octanol–water partition coefficient (Wildman–Crippen LogP) is 2.08. The number of benzene rings is 1. The Balaban J connectivity index is 2.57. The van der Waals surface area contributed by atoms with Crippen LogP contribution >= 0.6 is 0 Å². The Hall–Kier alpha value is -1.51. The maximum absolute atomic E-state index is 5.57. The van der Waals surface area contributed by atoms with Crippen LogP contribution in [0.4, 0.5) is 11.4 Å². The third-order valence-electron chi connectivity index (χ3n) is 1.35. The van der Waals surface area contributed by atoms with Gasteiger partial charge in [0, 0.05) is 11.9 Å². The molecular weight excluding hydrogens is 150 g/mol. The van der Waals surface area contributed by atoms with E-state index >= 15 is 0 Å². The SMILES string of the molecule is CC/C=N/Nc1cccc(N)c1. The molecule has 0 fully saturated rings. The molecule has 1 aromatic carbocycles. The summed E-state index contributed by atoms with van der Waals surface area (Å²) in [4.78, 5) is 0. The van der Waals surface area contributed by atoms with Gasteiger partial charge in [0.1, 0.15) is 0 Å². The Morgan fingerprint density at radius 1 is 1.58 bits per heavy atom. The Morgan fingerprint density at radius 2 is 2.42 bits per heavy atom. The van der Waals surface area contributed by atoms with Crippen LogP contribution in [-0.4, -0.2) is 6.21 Å². The zero-order valence-corrected chi connectivity index (χ0v) is 7.12. The number of hydrogen-bond acceptors (Lipinski definition) is 3. The van der Waals surface area contributed by atoms with E-state index in [1.54, 1.807) is 0 Å². The Morgan fingerprint density at radius 3 is 3.08 bits per heavy atom. The summed E-state index contributed by atoms with van der Waals surface area (Å²) >= 11 is 0. The van der Waals surface area contributed by atoms with Crippen molar-refractivity contribution >= 4 is 17.6 Å². The van der Waals surface area contributed by atoms with Gasteiger partial charge in [-0.05, 0) is 24.6 Å². The van der Waals surface area contributed by atoms with Crippen LogP contribution in [0.15, 0.2) is 29.4 Å². The fourth-order valence-corrected chi connectivity index (χ4v) is 0.820. The van der Waals surface area contributed by atoms with Crippen LogP contribution in [-0.2, 0) is 0 Å². The summed E-state index contributed by atoms with van der Waals surface area (Å²) in [6.45, 7) is 2.03. The van der Waals surface area contributed by atoms with Crippen LogP contribution in [0.25, 0.3) is 0 Å². The number of nitrogens with two attached hydrogens (primary N) is 1. The number of nitrogen functional groups attached to an aromatic ring is 1. The topological polar surface area (TPSA) is 50.4 Å². The van der Waals surface area contributed by atoms with Crippen LogP contribution in [0.5, 0.6) is 0 Å². The van der Waals surface area contributed by atoms with Gasteiger partial charge in [0.15, 0.2) is 0 Å². The molecule has 12 heavy (non-hydrogen) atoms. The summed E-state index contributed by atoms with van der Waals surface area (Å²) in [7, 11) is 0. The van der Waals surface area contributed by atoms with E-state index < -0.39 is 0 Å². The Kier molecular flexibility index (Phi) is 3.14. The number of anilines is 2. The number of rotatable bonds is 3. The lowest BCUT2D eigenvalue weighted by molar-refractivity contribution is 1.27. The quantitative estimate of drug-likeness (QED) is 0.407. The summed E-state index contributed by atoms with van der Waals surface area (Å²) in [5.41, 5.74) is 10.1. The lowest BCUT2D eigenvalue weighted by Gasteiger charge is -1.99. The zero-order valence-electron chi connectivity index (χ0n) is 7.12. The molecule has 0 aliphatic heterocycles. The molecule has 3 heteroatoms. The van der Waals surface area contributed by atoms with E-state index in [9.17, 15) is 0 Å². The number of hydrogen-bond donors (Lipinski definition) is 2. The molecule has 0 aliphatic carbocycles. The summed E-state index contributed by atoms with van der Waals surface area (Å²) < 4.78 is 0. The molecule has 0 saturated carbocycles. The van der Waals surface area contributed by atoms with Gasteiger partial charge in [-0.15, -0.1) is 0 Å². The Labute approximate surface area is 72.3 Å². The second kappa shape index (κ2) is 4.38. The molecule has 3 nitrogen and oxygen atoms in total. The van der Waals surface area contributed by atoms with Crippen molar-refractivity contribution in [2.75, 3.05) is 11.2 Å². The molecule has 1 rings (SSSR count). The van der Waals surface area contributed by atoms with Gasteiger partial charge >= 0.3 is 0 Å². The van der Waals surface area contributed by atoms with E-state index in [-0.39, 0.29) is 0 Å². The van der Waals surface area contributed by atoms with Gasteiger partial charge in [-0.3, -0.25) is 5.43 Å². The highest BCUT2D eigenvalue weighted by molar-refractivity contribution is 5.60. The van der Waals surface area contributed by atoms with Gasteiger partial charge in [-0.2, -0.15) is 5.10 Å². The van der Waals surface area contributed by atoms with Crippen molar-refractivity contribution in [3.63, 3.8) is 0 Å². The predicted molar refractivity (Wildman–Crippen MR) is 53.3 cm³/mol. The highest BCUT2D eigenvalue weighted by Crippen LogP contribution is 2.10. The van der Waals surface area contributed by atoms with Crippen LogP contribution in [0.1, 0.15) is 13.3 Å². The molecule has 0 amide bonds. The van der Waals surface area contributed by atoms with Gasteiger partial charge in [0.2, 0.25) is 0 Å². The van der Waals surface area contributed by atoms with Crippen molar-refractivity contribution in [1.82, 2.24) is 0 Å². The number of hydrazone groups is 1. The van der Waals surface area contributed by atoms with E-state index in [4.69, 9.17) is 5.73 Å². The molecule has 3 N–H and O–H groups in total. The van der Waals surface area contributed by atoms with Crippen LogP contribution < -0.4 is 11.2 Å². The fourth-order valence-electron chi connectivity index (χ4n) is 0.820. The number of nitrogens with one attached hydrogen (secondary N) is 1. The maximum Gasteiger partial charge on any atom is 0.0582 e. The van der Waals surface area contributed by atoms with Gasteiger partial charge in [-0.1, -0.05) is 13.0 Å². The summed E-state index contributed by atoms with van der Waals surface area (Å²) in [6, 6.07) is 7.49. The van der Waals surface area contributed by atoms with Gasteiger partial charge in [-0.25, -0.2) is 0 Å². The fraction of sp³-hybridized carbons (Fsp3) is 0.222. The zero-order chi connectivity index (χ0) is 8.81. The first-order valence-corrected chi connectivity index (χ1v) is 3.96. The van der Waals surface area contributed by atoms with E-state index in [0.29, 0.717) is 0 Å². The van der Waals surface area contributed by atoms with Crippen molar-refractivity contribution in [2.45, 2.75) is 13.3 Å². The Bertz CT molecular complexity index is 268. The molecule has 0 atom stereocenters. The van der Waals surface area contributed by atoms with Gasteiger partial charge in [0.05, 0.1) is 5.69 Å². The second-order valence-corrected chi connectivity index (χ2v) is 2.46. The van der Waals surface area contributed by atoms with Crippen LogP contribution in [0, 0.1) is 0 Å². The molecule has 0 spiro atoms. The molecule has 64 valence electrons. The van der Waals surface area contributed by atoms with Crippen molar-refractivity contribution in [3.05, 3.63) is 24.3 Å². The summed E-state index contributed by atoms with van der Waals surface area (Å²) in [5.74, 6) is 0. The highest BCUT2D eigenvalue weighted by atomic mass is 15.3. The molecule has 0 aromatic heterocycles. The third kappa shape index (κ3) is 2.62. The molecule has 0 bridgehead atoms. The second-order valence-electron chi connectivity index (χ2n) is 2.46. The summed E-state index contributed by atoms with van der Waals surface area (Å²) in [5, 5.41) is 3.97. The first-order chi connectivity index (χ1) is 5.83. The normalized spacial score (nSPS) is 10.4. The minimum atomic E-state index is 0.742. The van der Waals surface area contributed by atoms with Crippen LogP contribution in [0.3, 0.4) is 0 Å². The van der Waals surface area contributed by atoms with E-state index in [1.807, 2.05) is 37.4 Å². The number of nitrogens with zero attached hydrogens (tertiary/aromatic N) is 1. The molecule has 0 aliphatic rings. The highest BCUT2D eigenvalue weighted by Gasteiger charge is 1.87. The van der Waals surface area contributed by atoms with E-state index in [0.717, 1.165) is 17.8 Å². The average molecular weight is 163 g/mol.